The highest BCUT2D eigenvalue weighted by atomic mass is 19.4. The molecule has 1 aliphatic heterocycles. The summed E-state index contributed by atoms with van der Waals surface area (Å²) in [4.78, 5) is 13.6. The summed E-state index contributed by atoms with van der Waals surface area (Å²) in [7, 11) is 1.21. The van der Waals surface area contributed by atoms with E-state index in [2.05, 4.69) is 6.58 Å². The number of hydrogen-bond donors (Lipinski definition) is 0. The lowest BCUT2D eigenvalue weighted by Crippen LogP contribution is -2.23. The first-order chi connectivity index (χ1) is 20.2. The number of cyclic esters (lactones) is 1. The summed E-state index contributed by atoms with van der Waals surface area (Å²) in [6.07, 6.45) is -18.3. The maximum atomic E-state index is 14.7. The van der Waals surface area contributed by atoms with Gasteiger partial charge in [0, 0.05) is 11.6 Å². The van der Waals surface area contributed by atoms with Gasteiger partial charge in [0.2, 0.25) is 0 Å². The summed E-state index contributed by atoms with van der Waals surface area (Å²) < 4.78 is 147. The Morgan fingerprint density at radius 2 is 1.41 bits per heavy atom. The van der Waals surface area contributed by atoms with Gasteiger partial charge in [-0.1, -0.05) is 26.5 Å². The lowest BCUT2D eigenvalue weighted by molar-refractivity contribution is -0.143. The average molecular weight is 635 g/mol. The van der Waals surface area contributed by atoms with Crippen molar-refractivity contribution in [3.05, 3.63) is 100 Å². The van der Waals surface area contributed by atoms with Crippen LogP contribution in [-0.2, 0) is 29.8 Å². The molecule has 44 heavy (non-hydrogen) atoms. The molecule has 1 atom stereocenters. The third kappa shape index (κ3) is 6.48. The smallest absolute Gasteiger partial charge is 0.416 e. The number of carbonyl (C=O) groups is 1. The Kier molecular flexibility index (Phi) is 8.44. The molecule has 0 radical (unpaired) electrons. The Balaban J connectivity index is 1.82. The number of ether oxygens (including phenoxy) is 2. The van der Waals surface area contributed by atoms with E-state index in [-0.39, 0.29) is 40.0 Å². The molecule has 1 fully saturated rings. The van der Waals surface area contributed by atoms with Crippen LogP contribution < -0.4 is 4.74 Å². The second-order valence-electron chi connectivity index (χ2n) is 10.3. The van der Waals surface area contributed by atoms with E-state index in [1.165, 1.54) is 13.2 Å². The maximum absolute atomic E-state index is 14.7. The van der Waals surface area contributed by atoms with E-state index in [4.69, 9.17) is 9.47 Å². The third-order valence-corrected chi connectivity index (χ3v) is 6.99. The Morgan fingerprint density at radius 3 is 1.91 bits per heavy atom. The molecule has 1 amide bonds. The zero-order chi connectivity index (χ0) is 32.9. The Bertz CT molecular complexity index is 1570. The van der Waals surface area contributed by atoms with Gasteiger partial charge in [-0.3, -0.25) is 4.90 Å². The first-order valence-corrected chi connectivity index (χ1v) is 12.8. The van der Waals surface area contributed by atoms with E-state index < -0.39 is 71.0 Å². The molecule has 1 heterocycles. The van der Waals surface area contributed by atoms with Crippen LogP contribution in [-0.4, -0.2) is 18.1 Å². The molecule has 236 valence electrons. The standard InChI is InChI=1S/C30H23F10NO3/c1-14(2)22-11-23(25(43-4)12-24(22)31)21-6-5-18(28(32,33)34)9-17(21)13-41-15(3)26(44-27(41)42)16-7-19(29(35,36)37)10-20(8-16)30(38,39)40/h5-12,14,26H,3,13H2,1-2,4H3/t26-/m0/s1. The third-order valence-electron chi connectivity index (χ3n) is 6.99. The average Bonchev–Trinajstić information content (AvgIpc) is 3.19. The Morgan fingerprint density at radius 1 is 0.841 bits per heavy atom. The molecule has 3 aromatic rings. The number of rotatable bonds is 6. The van der Waals surface area contributed by atoms with Gasteiger partial charge in [-0.2, -0.15) is 39.5 Å². The molecule has 1 saturated heterocycles. The highest BCUT2D eigenvalue weighted by Gasteiger charge is 2.42. The van der Waals surface area contributed by atoms with Crippen molar-refractivity contribution in [2.75, 3.05) is 7.11 Å². The molecule has 0 N–H and O–H groups in total. The van der Waals surface area contributed by atoms with Crippen LogP contribution in [0.2, 0.25) is 0 Å². The quantitative estimate of drug-likeness (QED) is 0.253. The van der Waals surface area contributed by atoms with Crippen LogP contribution in [0.1, 0.15) is 59.3 Å². The number of benzene rings is 3. The zero-order valence-electron chi connectivity index (χ0n) is 23.1. The normalized spacial score (nSPS) is 16.1. The topological polar surface area (TPSA) is 38.8 Å². The summed E-state index contributed by atoms with van der Waals surface area (Å²) >= 11 is 0. The van der Waals surface area contributed by atoms with Crippen LogP contribution in [0.15, 0.2) is 60.8 Å². The summed E-state index contributed by atoms with van der Waals surface area (Å²) in [6, 6.07) is 5.64. The molecule has 1 aliphatic rings. The van der Waals surface area contributed by atoms with Crippen molar-refractivity contribution < 1.29 is 58.2 Å². The summed E-state index contributed by atoms with van der Waals surface area (Å²) in [5.41, 5.74) is -5.26. The lowest BCUT2D eigenvalue weighted by atomic mass is 9.92. The van der Waals surface area contributed by atoms with Gasteiger partial charge in [-0.05, 0) is 64.6 Å². The number of carbonyl (C=O) groups excluding carboxylic acids is 1. The molecule has 0 aliphatic carbocycles. The summed E-state index contributed by atoms with van der Waals surface area (Å²) in [5.74, 6) is -1.02. The molecule has 0 bridgehead atoms. The monoisotopic (exact) mass is 635 g/mol. The number of amides is 1. The van der Waals surface area contributed by atoms with Crippen LogP contribution in [0.3, 0.4) is 0 Å². The van der Waals surface area contributed by atoms with E-state index in [9.17, 15) is 48.7 Å². The van der Waals surface area contributed by atoms with Crippen molar-refractivity contribution >= 4 is 6.09 Å². The van der Waals surface area contributed by atoms with Crippen molar-refractivity contribution in [3.63, 3.8) is 0 Å². The SMILES string of the molecule is C=C1[C@@H](c2cc(C(F)(F)F)cc(C(F)(F)F)c2)OC(=O)N1Cc1cc(C(F)(F)F)ccc1-c1cc(C(C)C)c(F)cc1OC. The van der Waals surface area contributed by atoms with Crippen LogP contribution in [0.25, 0.3) is 11.1 Å². The van der Waals surface area contributed by atoms with Crippen molar-refractivity contribution in [1.82, 2.24) is 4.90 Å². The molecule has 4 nitrogen and oxygen atoms in total. The molecule has 0 spiro atoms. The molecule has 0 saturated carbocycles. The van der Waals surface area contributed by atoms with Crippen LogP contribution >= 0.6 is 0 Å². The van der Waals surface area contributed by atoms with Crippen molar-refractivity contribution in [3.8, 4) is 16.9 Å². The van der Waals surface area contributed by atoms with E-state index in [0.29, 0.717) is 23.1 Å². The largest absolute Gasteiger partial charge is 0.496 e. The van der Waals surface area contributed by atoms with Gasteiger partial charge in [0.05, 0.1) is 36.0 Å². The van der Waals surface area contributed by atoms with Gasteiger partial charge in [-0.15, -0.1) is 0 Å². The van der Waals surface area contributed by atoms with Gasteiger partial charge in [0.25, 0.3) is 0 Å². The fourth-order valence-corrected chi connectivity index (χ4v) is 4.78. The van der Waals surface area contributed by atoms with Crippen molar-refractivity contribution in [2.45, 2.75) is 50.9 Å². The Hall–Kier alpha value is -4.23. The number of hydrogen-bond acceptors (Lipinski definition) is 3. The molecule has 4 rings (SSSR count). The van der Waals surface area contributed by atoms with Crippen LogP contribution in [0.5, 0.6) is 5.75 Å². The predicted molar refractivity (Wildman–Crippen MR) is 138 cm³/mol. The second kappa shape index (κ2) is 11.4. The minimum Gasteiger partial charge on any atom is -0.496 e. The fourth-order valence-electron chi connectivity index (χ4n) is 4.78. The minimum absolute atomic E-state index is 0.0442. The maximum Gasteiger partial charge on any atom is 0.416 e. The van der Waals surface area contributed by atoms with E-state index >= 15 is 0 Å². The van der Waals surface area contributed by atoms with Crippen LogP contribution in [0, 0.1) is 5.82 Å². The molecule has 0 aromatic heterocycles. The highest BCUT2D eigenvalue weighted by molar-refractivity contribution is 5.78. The number of methoxy groups -OCH3 is 1. The molecular formula is C30H23F10NO3. The van der Waals surface area contributed by atoms with Gasteiger partial charge in [0.1, 0.15) is 11.6 Å². The Labute approximate surface area is 244 Å². The van der Waals surface area contributed by atoms with E-state index in [1.807, 2.05) is 0 Å². The summed E-state index contributed by atoms with van der Waals surface area (Å²) in [6.45, 7) is 6.29. The van der Waals surface area contributed by atoms with Crippen LogP contribution in [0.4, 0.5) is 48.7 Å². The first-order valence-electron chi connectivity index (χ1n) is 12.8. The molecular weight excluding hydrogens is 612 g/mol. The van der Waals surface area contributed by atoms with Crippen molar-refractivity contribution in [1.29, 1.82) is 0 Å². The van der Waals surface area contributed by atoms with Gasteiger partial charge >= 0.3 is 24.6 Å². The summed E-state index contributed by atoms with van der Waals surface area (Å²) in [5, 5.41) is 0. The van der Waals surface area contributed by atoms with Crippen molar-refractivity contribution in [2.24, 2.45) is 0 Å². The van der Waals surface area contributed by atoms with E-state index in [0.717, 1.165) is 18.2 Å². The van der Waals surface area contributed by atoms with Gasteiger partial charge in [-0.25, -0.2) is 9.18 Å². The predicted octanol–water partition coefficient (Wildman–Crippen LogP) is 9.89. The van der Waals surface area contributed by atoms with Gasteiger partial charge in [0.15, 0.2) is 6.10 Å². The first kappa shape index (κ1) is 32.7. The minimum atomic E-state index is -5.18. The molecule has 0 unspecified atom stereocenters. The number of alkyl halides is 9. The zero-order valence-corrected chi connectivity index (χ0v) is 23.1. The molecule has 3 aromatic carbocycles. The van der Waals surface area contributed by atoms with E-state index in [1.54, 1.807) is 13.8 Å². The fraction of sp³-hybridized carbons (Fsp3) is 0.300. The lowest BCUT2D eigenvalue weighted by Gasteiger charge is -2.22. The molecule has 14 heteroatoms. The number of nitrogens with zero attached hydrogens (tertiary/aromatic N) is 1. The highest BCUT2D eigenvalue weighted by Crippen LogP contribution is 2.44. The number of halogens is 10. The second-order valence-corrected chi connectivity index (χ2v) is 10.3. The van der Waals surface area contributed by atoms with Gasteiger partial charge < -0.3 is 9.47 Å².